The third kappa shape index (κ3) is 2.10. The molecular weight excluding hydrogens is 212 g/mol. The van der Waals surface area contributed by atoms with Gasteiger partial charge in [-0.25, -0.2) is 0 Å². The van der Waals surface area contributed by atoms with Gasteiger partial charge < -0.3 is 19.0 Å². The molecule has 16 heavy (non-hydrogen) atoms. The van der Waals surface area contributed by atoms with E-state index in [9.17, 15) is 4.79 Å². The lowest BCUT2D eigenvalue weighted by Gasteiger charge is -2.20. The van der Waals surface area contributed by atoms with Crippen LogP contribution in [0.2, 0.25) is 0 Å². The van der Waals surface area contributed by atoms with Crippen molar-refractivity contribution < 1.29 is 23.8 Å². The number of aliphatic carboxylic acids is 1. The van der Waals surface area contributed by atoms with Crippen LogP contribution in [-0.4, -0.2) is 23.8 Å². The van der Waals surface area contributed by atoms with Crippen LogP contribution < -0.4 is 0 Å². The molecule has 2 unspecified atom stereocenters. The van der Waals surface area contributed by atoms with Crippen LogP contribution in [0.15, 0.2) is 16.5 Å². The lowest BCUT2D eigenvalue weighted by Crippen LogP contribution is -2.24. The number of carboxylic acid groups (broad SMARTS) is 1. The fourth-order valence-electron chi connectivity index (χ4n) is 1.74. The molecule has 0 spiro atoms. The van der Waals surface area contributed by atoms with E-state index in [0.717, 1.165) is 5.76 Å². The summed E-state index contributed by atoms with van der Waals surface area (Å²) in [4.78, 5) is 10.5. The van der Waals surface area contributed by atoms with Gasteiger partial charge in [0.2, 0.25) is 5.79 Å². The Morgan fingerprint density at radius 2 is 2.38 bits per heavy atom. The lowest BCUT2D eigenvalue weighted by atomic mass is 10.2. The molecule has 1 aliphatic heterocycles. The second-order valence-corrected chi connectivity index (χ2v) is 4.00. The van der Waals surface area contributed by atoms with Gasteiger partial charge in [-0.05, 0) is 26.0 Å². The van der Waals surface area contributed by atoms with Crippen molar-refractivity contribution in [1.29, 1.82) is 0 Å². The Hall–Kier alpha value is -1.33. The zero-order chi connectivity index (χ0) is 11.8. The number of ether oxygens (including phenoxy) is 2. The first-order valence-electron chi connectivity index (χ1n) is 5.10. The topological polar surface area (TPSA) is 68.9 Å². The van der Waals surface area contributed by atoms with Gasteiger partial charge in [0.05, 0.1) is 19.1 Å². The molecule has 1 aromatic rings. The molecule has 5 heteroatoms. The maximum Gasteiger partial charge on any atom is 0.306 e. The van der Waals surface area contributed by atoms with Gasteiger partial charge >= 0.3 is 5.97 Å². The van der Waals surface area contributed by atoms with Crippen LogP contribution >= 0.6 is 0 Å². The smallest absolute Gasteiger partial charge is 0.306 e. The first-order valence-corrected chi connectivity index (χ1v) is 5.10. The van der Waals surface area contributed by atoms with E-state index < -0.39 is 17.9 Å². The molecule has 2 rings (SSSR count). The molecule has 0 aliphatic carbocycles. The Kier molecular flexibility index (Phi) is 2.73. The number of hydrogen-bond acceptors (Lipinski definition) is 4. The molecule has 1 saturated heterocycles. The minimum atomic E-state index is -0.964. The van der Waals surface area contributed by atoms with Gasteiger partial charge in [0.25, 0.3) is 0 Å². The molecule has 0 aromatic carbocycles. The summed E-state index contributed by atoms with van der Waals surface area (Å²) in [6.07, 6.45) is -0.483. The molecule has 0 saturated carbocycles. The van der Waals surface area contributed by atoms with Crippen molar-refractivity contribution in [2.45, 2.75) is 32.2 Å². The molecule has 2 atom stereocenters. The standard InChI is InChI=1S/C11H14O5/c1-7-3-4-9(15-7)11(2)14-6-8(16-11)5-10(12)13/h3-4,8H,5-6H2,1-2H3,(H,12,13). The first-order chi connectivity index (χ1) is 7.49. The summed E-state index contributed by atoms with van der Waals surface area (Å²) in [6.45, 7) is 3.83. The average molecular weight is 226 g/mol. The van der Waals surface area contributed by atoms with E-state index in [1.807, 2.05) is 13.0 Å². The average Bonchev–Trinajstić information content (AvgIpc) is 2.73. The maximum atomic E-state index is 10.5. The van der Waals surface area contributed by atoms with Crippen molar-refractivity contribution in [3.63, 3.8) is 0 Å². The van der Waals surface area contributed by atoms with Gasteiger partial charge in [0, 0.05) is 0 Å². The predicted octanol–water partition coefficient (Wildman–Crippen LogP) is 1.65. The molecule has 0 amide bonds. The number of hydrogen-bond donors (Lipinski definition) is 1. The van der Waals surface area contributed by atoms with Crippen molar-refractivity contribution in [3.05, 3.63) is 23.7 Å². The van der Waals surface area contributed by atoms with Crippen LogP contribution in [0.5, 0.6) is 0 Å². The number of carboxylic acids is 1. The van der Waals surface area contributed by atoms with Gasteiger partial charge in [-0.3, -0.25) is 4.79 Å². The van der Waals surface area contributed by atoms with Crippen LogP contribution in [0.4, 0.5) is 0 Å². The second kappa shape index (κ2) is 3.92. The number of carbonyl (C=O) groups is 1. The molecule has 0 bridgehead atoms. The summed E-state index contributed by atoms with van der Waals surface area (Å²) in [5.74, 6) is -0.523. The molecular formula is C11H14O5. The normalized spacial score (nSPS) is 29.5. The Morgan fingerprint density at radius 3 is 2.94 bits per heavy atom. The van der Waals surface area contributed by atoms with E-state index in [4.69, 9.17) is 19.0 Å². The fourth-order valence-corrected chi connectivity index (χ4v) is 1.74. The van der Waals surface area contributed by atoms with Gasteiger partial charge in [-0.1, -0.05) is 0 Å². The highest BCUT2D eigenvalue weighted by atomic mass is 16.8. The van der Waals surface area contributed by atoms with Gasteiger partial charge in [-0.2, -0.15) is 0 Å². The molecule has 2 heterocycles. The van der Waals surface area contributed by atoms with Crippen molar-refractivity contribution in [1.82, 2.24) is 0 Å². The van der Waals surface area contributed by atoms with Crippen molar-refractivity contribution in [2.75, 3.05) is 6.61 Å². The highest BCUT2D eigenvalue weighted by Crippen LogP contribution is 2.35. The Bertz CT molecular complexity index is 397. The van der Waals surface area contributed by atoms with Crippen molar-refractivity contribution in [3.8, 4) is 0 Å². The minimum absolute atomic E-state index is 0.0602. The number of furan rings is 1. The second-order valence-electron chi connectivity index (χ2n) is 4.00. The zero-order valence-corrected chi connectivity index (χ0v) is 9.23. The van der Waals surface area contributed by atoms with Crippen LogP contribution in [0.25, 0.3) is 0 Å². The van der Waals surface area contributed by atoms with E-state index in [1.54, 1.807) is 13.0 Å². The monoisotopic (exact) mass is 226 g/mol. The number of rotatable bonds is 3. The van der Waals surface area contributed by atoms with Crippen LogP contribution in [-0.2, 0) is 20.1 Å². The van der Waals surface area contributed by atoms with Crippen molar-refractivity contribution >= 4 is 5.97 Å². The van der Waals surface area contributed by atoms with Crippen molar-refractivity contribution in [2.24, 2.45) is 0 Å². The summed E-state index contributed by atoms with van der Waals surface area (Å²) >= 11 is 0. The number of aryl methyl sites for hydroxylation is 1. The molecule has 1 aliphatic rings. The molecule has 1 aromatic heterocycles. The summed E-state index contributed by atoms with van der Waals surface area (Å²) in [7, 11) is 0. The van der Waals surface area contributed by atoms with Crippen LogP contribution in [0, 0.1) is 6.92 Å². The van der Waals surface area contributed by atoms with E-state index >= 15 is 0 Å². The molecule has 88 valence electrons. The van der Waals surface area contributed by atoms with E-state index in [2.05, 4.69) is 0 Å². The van der Waals surface area contributed by atoms with E-state index in [1.165, 1.54) is 0 Å². The molecule has 1 fully saturated rings. The summed E-state index contributed by atoms with van der Waals surface area (Å²) in [6, 6.07) is 3.59. The molecule has 5 nitrogen and oxygen atoms in total. The van der Waals surface area contributed by atoms with Crippen LogP contribution in [0.1, 0.15) is 24.9 Å². The lowest BCUT2D eigenvalue weighted by molar-refractivity contribution is -0.177. The molecule has 0 radical (unpaired) electrons. The fraction of sp³-hybridized carbons (Fsp3) is 0.545. The van der Waals surface area contributed by atoms with E-state index in [-0.39, 0.29) is 13.0 Å². The molecule has 1 N–H and O–H groups in total. The Balaban J connectivity index is 2.08. The van der Waals surface area contributed by atoms with Gasteiger partial charge in [0.1, 0.15) is 5.76 Å². The first kappa shape index (κ1) is 11.2. The van der Waals surface area contributed by atoms with E-state index in [0.29, 0.717) is 5.76 Å². The third-order valence-electron chi connectivity index (χ3n) is 2.53. The minimum Gasteiger partial charge on any atom is -0.481 e. The highest BCUT2D eigenvalue weighted by Gasteiger charge is 2.42. The van der Waals surface area contributed by atoms with Gasteiger partial charge in [0.15, 0.2) is 5.76 Å². The quantitative estimate of drug-likeness (QED) is 0.848. The highest BCUT2D eigenvalue weighted by molar-refractivity contribution is 5.67. The Labute approximate surface area is 93.0 Å². The van der Waals surface area contributed by atoms with Crippen LogP contribution in [0.3, 0.4) is 0 Å². The summed E-state index contributed by atoms with van der Waals surface area (Å²) in [5, 5.41) is 8.66. The third-order valence-corrected chi connectivity index (χ3v) is 2.53. The Morgan fingerprint density at radius 1 is 1.62 bits per heavy atom. The zero-order valence-electron chi connectivity index (χ0n) is 9.23. The predicted molar refractivity (Wildman–Crippen MR) is 53.9 cm³/mol. The summed E-state index contributed by atoms with van der Waals surface area (Å²) in [5.41, 5.74) is 0. The van der Waals surface area contributed by atoms with Gasteiger partial charge in [-0.15, -0.1) is 0 Å². The largest absolute Gasteiger partial charge is 0.481 e. The summed E-state index contributed by atoms with van der Waals surface area (Å²) < 4.78 is 16.5. The maximum absolute atomic E-state index is 10.5. The SMILES string of the molecule is Cc1ccc(C2(C)OCC(CC(=O)O)O2)o1.